The van der Waals surface area contributed by atoms with Crippen molar-refractivity contribution in [3.63, 3.8) is 0 Å². The molecular formula is C15H13N3O2. The van der Waals surface area contributed by atoms with Crippen molar-refractivity contribution in [3.8, 4) is 11.4 Å². The number of nitro groups is 1. The number of hydrogen-bond acceptors (Lipinski definition) is 3. The van der Waals surface area contributed by atoms with E-state index in [0.717, 1.165) is 29.0 Å². The van der Waals surface area contributed by atoms with Crippen LogP contribution in [0.25, 0.3) is 22.4 Å². The summed E-state index contributed by atoms with van der Waals surface area (Å²) in [4.78, 5) is 15.1. The first kappa shape index (κ1) is 12.3. The molecule has 0 radical (unpaired) electrons. The lowest BCUT2D eigenvalue weighted by Gasteiger charge is -2.05. The normalized spacial score (nSPS) is 10.8. The fraction of sp³-hybridized carbons (Fsp3) is 0.133. The van der Waals surface area contributed by atoms with Crippen LogP contribution in [0.2, 0.25) is 0 Å². The van der Waals surface area contributed by atoms with E-state index in [4.69, 9.17) is 0 Å². The molecule has 5 nitrogen and oxygen atoms in total. The summed E-state index contributed by atoms with van der Waals surface area (Å²) in [7, 11) is 0. The van der Waals surface area contributed by atoms with Crippen LogP contribution in [0.3, 0.4) is 0 Å². The first-order chi connectivity index (χ1) is 9.70. The number of hydrogen-bond donors (Lipinski definition) is 0. The van der Waals surface area contributed by atoms with E-state index in [1.165, 1.54) is 6.07 Å². The van der Waals surface area contributed by atoms with Crippen LogP contribution in [0.1, 0.15) is 6.92 Å². The van der Waals surface area contributed by atoms with E-state index in [9.17, 15) is 10.1 Å². The van der Waals surface area contributed by atoms with Crippen molar-refractivity contribution in [2.24, 2.45) is 0 Å². The fourth-order valence-electron chi connectivity index (χ4n) is 2.37. The van der Waals surface area contributed by atoms with E-state index < -0.39 is 0 Å². The molecule has 1 heterocycles. The van der Waals surface area contributed by atoms with Gasteiger partial charge in [0, 0.05) is 24.2 Å². The van der Waals surface area contributed by atoms with Crippen molar-refractivity contribution in [2.45, 2.75) is 13.5 Å². The molecule has 0 bridgehead atoms. The molecule has 0 aliphatic heterocycles. The molecule has 0 aliphatic carbocycles. The van der Waals surface area contributed by atoms with Crippen molar-refractivity contribution in [1.82, 2.24) is 9.55 Å². The average Bonchev–Trinajstić information content (AvgIpc) is 2.86. The highest BCUT2D eigenvalue weighted by Gasteiger charge is 2.13. The van der Waals surface area contributed by atoms with Crippen molar-refractivity contribution < 1.29 is 4.92 Å². The van der Waals surface area contributed by atoms with Crippen LogP contribution < -0.4 is 0 Å². The molecule has 0 saturated heterocycles. The summed E-state index contributed by atoms with van der Waals surface area (Å²) in [5, 5.41) is 10.9. The highest BCUT2D eigenvalue weighted by molar-refractivity contribution is 5.80. The molecular weight excluding hydrogens is 254 g/mol. The van der Waals surface area contributed by atoms with Crippen LogP contribution >= 0.6 is 0 Å². The van der Waals surface area contributed by atoms with Gasteiger partial charge in [-0.3, -0.25) is 10.1 Å². The predicted molar refractivity (Wildman–Crippen MR) is 77.5 cm³/mol. The number of imidazole rings is 1. The maximum absolute atomic E-state index is 10.9. The molecule has 5 heteroatoms. The summed E-state index contributed by atoms with van der Waals surface area (Å²) in [6.45, 7) is 2.80. The molecule has 3 rings (SSSR count). The Kier molecular flexibility index (Phi) is 2.95. The van der Waals surface area contributed by atoms with Crippen LogP contribution in [0.5, 0.6) is 0 Å². The SMILES string of the molecule is CCn1c(-c2cccc([N+](=O)[O-])c2)nc2ccccc21. The smallest absolute Gasteiger partial charge is 0.270 e. The van der Waals surface area contributed by atoms with Gasteiger partial charge in [-0.25, -0.2) is 4.98 Å². The van der Waals surface area contributed by atoms with Gasteiger partial charge in [0.1, 0.15) is 5.82 Å². The van der Waals surface area contributed by atoms with Gasteiger partial charge in [0.2, 0.25) is 0 Å². The van der Waals surface area contributed by atoms with Gasteiger partial charge >= 0.3 is 0 Å². The molecule has 0 unspecified atom stereocenters. The number of aromatic nitrogens is 2. The molecule has 0 fully saturated rings. The summed E-state index contributed by atoms with van der Waals surface area (Å²) in [6, 6.07) is 14.4. The number of para-hydroxylation sites is 2. The zero-order valence-corrected chi connectivity index (χ0v) is 11.0. The Morgan fingerprint density at radius 1 is 1.20 bits per heavy atom. The zero-order chi connectivity index (χ0) is 14.1. The Bertz CT molecular complexity index is 793. The second-order valence-corrected chi connectivity index (χ2v) is 4.48. The molecule has 100 valence electrons. The van der Waals surface area contributed by atoms with Crippen LogP contribution in [0.4, 0.5) is 5.69 Å². The molecule has 0 atom stereocenters. The molecule has 20 heavy (non-hydrogen) atoms. The Hall–Kier alpha value is -2.69. The summed E-state index contributed by atoms with van der Waals surface area (Å²) in [5.41, 5.74) is 2.78. The molecule has 0 N–H and O–H groups in total. The van der Waals surface area contributed by atoms with Crippen molar-refractivity contribution in [1.29, 1.82) is 0 Å². The lowest BCUT2D eigenvalue weighted by atomic mass is 10.2. The zero-order valence-electron chi connectivity index (χ0n) is 11.0. The number of fused-ring (bicyclic) bond motifs is 1. The van der Waals surface area contributed by atoms with Gasteiger partial charge in [0.05, 0.1) is 16.0 Å². The van der Waals surface area contributed by atoms with Crippen molar-refractivity contribution in [3.05, 3.63) is 58.6 Å². The van der Waals surface area contributed by atoms with Crippen LogP contribution in [-0.4, -0.2) is 14.5 Å². The summed E-state index contributed by atoms with van der Waals surface area (Å²) in [5.74, 6) is 0.761. The molecule has 0 saturated carbocycles. The van der Waals surface area contributed by atoms with E-state index in [0.29, 0.717) is 0 Å². The van der Waals surface area contributed by atoms with Gasteiger partial charge in [0.15, 0.2) is 0 Å². The maximum Gasteiger partial charge on any atom is 0.270 e. The van der Waals surface area contributed by atoms with Gasteiger partial charge in [-0.2, -0.15) is 0 Å². The fourth-order valence-corrected chi connectivity index (χ4v) is 2.37. The predicted octanol–water partition coefficient (Wildman–Crippen LogP) is 3.63. The third-order valence-electron chi connectivity index (χ3n) is 3.29. The van der Waals surface area contributed by atoms with Crippen molar-refractivity contribution >= 4 is 16.7 Å². The highest BCUT2D eigenvalue weighted by atomic mass is 16.6. The average molecular weight is 267 g/mol. The summed E-state index contributed by atoms with van der Waals surface area (Å²) in [6.07, 6.45) is 0. The molecule has 2 aromatic carbocycles. The van der Waals surface area contributed by atoms with E-state index in [-0.39, 0.29) is 10.6 Å². The minimum absolute atomic E-state index is 0.0807. The van der Waals surface area contributed by atoms with Crippen LogP contribution in [-0.2, 0) is 6.54 Å². The second-order valence-electron chi connectivity index (χ2n) is 4.48. The number of nitrogens with zero attached hydrogens (tertiary/aromatic N) is 3. The van der Waals surface area contributed by atoms with Gasteiger partial charge in [-0.1, -0.05) is 24.3 Å². The number of nitro benzene ring substituents is 1. The van der Waals surface area contributed by atoms with Gasteiger partial charge in [-0.15, -0.1) is 0 Å². The molecule has 3 aromatic rings. The van der Waals surface area contributed by atoms with Crippen molar-refractivity contribution in [2.75, 3.05) is 0 Å². The standard InChI is InChI=1S/C15H13N3O2/c1-2-17-14-9-4-3-8-13(14)16-15(17)11-6-5-7-12(10-11)18(19)20/h3-10H,2H2,1H3. The topological polar surface area (TPSA) is 61.0 Å². The van der Waals surface area contributed by atoms with Gasteiger partial charge in [0.25, 0.3) is 5.69 Å². The summed E-state index contributed by atoms with van der Waals surface area (Å²) < 4.78 is 2.06. The van der Waals surface area contributed by atoms with E-state index in [2.05, 4.69) is 9.55 Å². The molecule has 0 amide bonds. The highest BCUT2D eigenvalue weighted by Crippen LogP contribution is 2.27. The summed E-state index contributed by atoms with van der Waals surface area (Å²) >= 11 is 0. The number of aryl methyl sites for hydroxylation is 1. The first-order valence-corrected chi connectivity index (χ1v) is 6.41. The third-order valence-corrected chi connectivity index (χ3v) is 3.29. The molecule has 0 spiro atoms. The van der Waals surface area contributed by atoms with E-state index >= 15 is 0 Å². The molecule has 0 aliphatic rings. The molecule has 1 aromatic heterocycles. The first-order valence-electron chi connectivity index (χ1n) is 6.41. The number of non-ortho nitro benzene ring substituents is 1. The van der Waals surface area contributed by atoms with Gasteiger partial charge in [-0.05, 0) is 19.1 Å². The Morgan fingerprint density at radius 2 is 2.00 bits per heavy atom. The monoisotopic (exact) mass is 267 g/mol. The quantitative estimate of drug-likeness (QED) is 0.537. The minimum atomic E-state index is -0.386. The number of benzene rings is 2. The Balaban J connectivity index is 2.23. The Morgan fingerprint density at radius 3 is 2.75 bits per heavy atom. The van der Waals surface area contributed by atoms with E-state index in [1.54, 1.807) is 12.1 Å². The Labute approximate surface area is 115 Å². The van der Waals surface area contributed by atoms with Crippen LogP contribution in [0.15, 0.2) is 48.5 Å². The number of rotatable bonds is 3. The third kappa shape index (κ3) is 1.93. The van der Waals surface area contributed by atoms with Crippen LogP contribution in [0, 0.1) is 10.1 Å². The maximum atomic E-state index is 10.9. The minimum Gasteiger partial charge on any atom is -0.324 e. The van der Waals surface area contributed by atoms with Gasteiger partial charge < -0.3 is 4.57 Å². The largest absolute Gasteiger partial charge is 0.324 e. The lowest BCUT2D eigenvalue weighted by Crippen LogP contribution is -1.98. The second kappa shape index (κ2) is 4.77. The van der Waals surface area contributed by atoms with E-state index in [1.807, 2.05) is 37.3 Å². The lowest BCUT2D eigenvalue weighted by molar-refractivity contribution is -0.384.